The molecule has 0 atom stereocenters. The van der Waals surface area contributed by atoms with Crippen LogP contribution in [0.15, 0.2) is 60.7 Å². The van der Waals surface area contributed by atoms with E-state index < -0.39 is 11.7 Å². The Morgan fingerprint density at radius 1 is 1.04 bits per heavy atom. The molecule has 0 saturated heterocycles. The van der Waals surface area contributed by atoms with Gasteiger partial charge in [-0.15, -0.1) is 0 Å². The van der Waals surface area contributed by atoms with E-state index >= 15 is 0 Å². The first-order chi connectivity index (χ1) is 13.0. The van der Waals surface area contributed by atoms with E-state index in [1.54, 1.807) is 22.9 Å². The van der Waals surface area contributed by atoms with Crippen LogP contribution in [0.4, 0.5) is 10.2 Å². The van der Waals surface area contributed by atoms with Gasteiger partial charge in [0.25, 0.3) is 5.91 Å². The first-order valence-electron chi connectivity index (χ1n) is 8.52. The molecule has 0 fully saturated rings. The smallest absolute Gasteiger partial charge is 0.259 e. The van der Waals surface area contributed by atoms with Gasteiger partial charge in [0.2, 0.25) is 0 Å². The van der Waals surface area contributed by atoms with Gasteiger partial charge < -0.3 is 5.32 Å². The van der Waals surface area contributed by atoms with Gasteiger partial charge in [-0.2, -0.15) is 9.78 Å². The largest absolute Gasteiger partial charge is 0.306 e. The average Bonchev–Trinajstić information content (AvgIpc) is 3.02. The molecule has 2 heterocycles. The average molecular weight is 360 g/mol. The second kappa shape index (κ2) is 6.64. The molecule has 134 valence electrons. The number of aromatic nitrogens is 3. The SMILES string of the molecule is Cc1cc(NC(=O)c2ccccc2F)n(-c2cc(C)c3ccccc3n2)n1. The van der Waals surface area contributed by atoms with Gasteiger partial charge in [0, 0.05) is 11.5 Å². The third-order valence-electron chi connectivity index (χ3n) is 4.32. The number of nitrogens with zero attached hydrogens (tertiary/aromatic N) is 3. The Morgan fingerprint density at radius 3 is 2.59 bits per heavy atom. The van der Waals surface area contributed by atoms with E-state index in [-0.39, 0.29) is 5.56 Å². The summed E-state index contributed by atoms with van der Waals surface area (Å²) in [6.45, 7) is 3.82. The summed E-state index contributed by atoms with van der Waals surface area (Å²) in [5, 5.41) is 8.24. The molecular formula is C21H17FN4O. The van der Waals surface area contributed by atoms with Crippen LogP contribution in [0.2, 0.25) is 0 Å². The van der Waals surface area contributed by atoms with Crippen molar-refractivity contribution < 1.29 is 9.18 Å². The van der Waals surface area contributed by atoms with Crippen LogP contribution < -0.4 is 5.32 Å². The number of para-hydroxylation sites is 1. The lowest BCUT2D eigenvalue weighted by molar-refractivity contribution is 0.102. The van der Waals surface area contributed by atoms with Gasteiger partial charge in [0.15, 0.2) is 5.82 Å². The molecule has 4 rings (SSSR count). The van der Waals surface area contributed by atoms with Crippen molar-refractivity contribution in [1.82, 2.24) is 14.8 Å². The number of rotatable bonds is 3. The summed E-state index contributed by atoms with van der Waals surface area (Å²) >= 11 is 0. The molecule has 0 radical (unpaired) electrons. The summed E-state index contributed by atoms with van der Waals surface area (Å²) in [4.78, 5) is 17.1. The molecule has 2 aromatic heterocycles. The Morgan fingerprint density at radius 2 is 1.78 bits per heavy atom. The summed E-state index contributed by atoms with van der Waals surface area (Å²) < 4.78 is 15.5. The molecule has 0 bridgehead atoms. The molecule has 0 aliphatic rings. The van der Waals surface area contributed by atoms with E-state index in [1.807, 2.05) is 44.2 Å². The maximum absolute atomic E-state index is 13.9. The number of halogens is 1. The molecule has 6 heteroatoms. The monoisotopic (exact) mass is 360 g/mol. The summed E-state index contributed by atoms with van der Waals surface area (Å²) in [7, 11) is 0. The number of pyridine rings is 1. The molecule has 1 N–H and O–H groups in total. The number of hydrogen-bond acceptors (Lipinski definition) is 3. The van der Waals surface area contributed by atoms with Crippen LogP contribution in [0.3, 0.4) is 0 Å². The number of amides is 1. The maximum Gasteiger partial charge on any atom is 0.259 e. The van der Waals surface area contributed by atoms with Crippen molar-refractivity contribution in [2.45, 2.75) is 13.8 Å². The number of aryl methyl sites for hydroxylation is 2. The van der Waals surface area contributed by atoms with Crippen molar-refractivity contribution >= 4 is 22.6 Å². The zero-order chi connectivity index (χ0) is 19.0. The van der Waals surface area contributed by atoms with Gasteiger partial charge in [0.1, 0.15) is 11.6 Å². The van der Waals surface area contributed by atoms with Gasteiger partial charge >= 0.3 is 0 Å². The zero-order valence-corrected chi connectivity index (χ0v) is 14.9. The van der Waals surface area contributed by atoms with Crippen LogP contribution in [0.5, 0.6) is 0 Å². The topological polar surface area (TPSA) is 59.8 Å². The molecule has 0 unspecified atom stereocenters. The molecule has 0 saturated carbocycles. The highest BCUT2D eigenvalue weighted by Crippen LogP contribution is 2.23. The molecule has 0 aliphatic carbocycles. The fourth-order valence-corrected chi connectivity index (χ4v) is 3.03. The second-order valence-electron chi connectivity index (χ2n) is 6.33. The third-order valence-corrected chi connectivity index (χ3v) is 4.32. The van der Waals surface area contributed by atoms with E-state index in [0.29, 0.717) is 17.3 Å². The van der Waals surface area contributed by atoms with Gasteiger partial charge in [-0.25, -0.2) is 9.37 Å². The second-order valence-corrected chi connectivity index (χ2v) is 6.33. The molecule has 1 amide bonds. The van der Waals surface area contributed by atoms with Crippen LogP contribution in [-0.2, 0) is 0 Å². The molecular weight excluding hydrogens is 343 g/mol. The summed E-state index contributed by atoms with van der Waals surface area (Å²) in [6.07, 6.45) is 0. The van der Waals surface area contributed by atoms with Crippen molar-refractivity contribution in [2.24, 2.45) is 0 Å². The van der Waals surface area contributed by atoms with Crippen LogP contribution in [0.25, 0.3) is 16.7 Å². The van der Waals surface area contributed by atoms with E-state index in [2.05, 4.69) is 15.4 Å². The Balaban J connectivity index is 1.76. The minimum atomic E-state index is -0.572. The van der Waals surface area contributed by atoms with Crippen LogP contribution >= 0.6 is 0 Å². The normalized spacial score (nSPS) is 10.9. The first-order valence-corrected chi connectivity index (χ1v) is 8.52. The number of benzene rings is 2. The maximum atomic E-state index is 13.9. The van der Waals surface area contributed by atoms with E-state index in [9.17, 15) is 9.18 Å². The van der Waals surface area contributed by atoms with Crippen LogP contribution in [-0.4, -0.2) is 20.7 Å². The highest BCUT2D eigenvalue weighted by atomic mass is 19.1. The van der Waals surface area contributed by atoms with Gasteiger partial charge in [-0.1, -0.05) is 30.3 Å². The number of anilines is 1. The third kappa shape index (κ3) is 3.17. The van der Waals surface area contributed by atoms with Gasteiger partial charge in [0.05, 0.1) is 16.8 Å². The van der Waals surface area contributed by atoms with Gasteiger partial charge in [-0.3, -0.25) is 4.79 Å². The minimum Gasteiger partial charge on any atom is -0.306 e. The van der Waals surface area contributed by atoms with Gasteiger partial charge in [-0.05, 0) is 43.7 Å². The summed E-state index contributed by atoms with van der Waals surface area (Å²) in [6, 6.07) is 17.3. The highest BCUT2D eigenvalue weighted by molar-refractivity contribution is 6.04. The molecule has 0 aliphatic heterocycles. The van der Waals surface area contributed by atoms with Crippen LogP contribution in [0, 0.1) is 19.7 Å². The standard InChI is InChI=1S/C21H17FN4O/c1-13-11-19(23-18-10-6-4-7-15(13)18)26-20(12-14(2)25-26)24-21(27)16-8-3-5-9-17(16)22/h3-12H,1-2H3,(H,24,27). The molecule has 27 heavy (non-hydrogen) atoms. The Bertz CT molecular complexity index is 1170. The predicted molar refractivity (Wildman–Crippen MR) is 103 cm³/mol. The van der Waals surface area contributed by atoms with E-state index in [1.165, 1.54) is 12.1 Å². The number of nitrogens with one attached hydrogen (secondary N) is 1. The zero-order valence-electron chi connectivity index (χ0n) is 14.9. The lowest BCUT2D eigenvalue weighted by atomic mass is 10.1. The van der Waals surface area contributed by atoms with E-state index in [4.69, 9.17) is 0 Å². The Kier molecular flexibility index (Phi) is 4.16. The fraction of sp³-hybridized carbons (Fsp3) is 0.0952. The first kappa shape index (κ1) is 16.9. The van der Waals surface area contributed by atoms with Crippen LogP contribution in [0.1, 0.15) is 21.6 Å². The number of hydrogen-bond donors (Lipinski definition) is 1. The molecule has 4 aromatic rings. The Hall–Kier alpha value is -3.54. The molecule has 0 spiro atoms. The van der Waals surface area contributed by atoms with Crippen molar-refractivity contribution in [3.8, 4) is 5.82 Å². The molecule has 5 nitrogen and oxygen atoms in total. The number of carbonyl (C=O) groups excluding carboxylic acids is 1. The number of carbonyl (C=O) groups is 1. The fourth-order valence-electron chi connectivity index (χ4n) is 3.03. The summed E-state index contributed by atoms with van der Waals surface area (Å²) in [5.74, 6) is -0.0877. The highest BCUT2D eigenvalue weighted by Gasteiger charge is 2.16. The lowest BCUT2D eigenvalue weighted by Gasteiger charge is -2.11. The van der Waals surface area contributed by atoms with Crippen molar-refractivity contribution in [2.75, 3.05) is 5.32 Å². The van der Waals surface area contributed by atoms with Crippen molar-refractivity contribution in [3.05, 3.63) is 83.3 Å². The lowest BCUT2D eigenvalue weighted by Crippen LogP contribution is -2.17. The van der Waals surface area contributed by atoms with Crippen molar-refractivity contribution in [1.29, 1.82) is 0 Å². The van der Waals surface area contributed by atoms with E-state index in [0.717, 1.165) is 16.5 Å². The van der Waals surface area contributed by atoms with Crippen molar-refractivity contribution in [3.63, 3.8) is 0 Å². The number of fused-ring (bicyclic) bond motifs is 1. The quantitative estimate of drug-likeness (QED) is 0.588. The Labute approximate surface area is 155 Å². The summed E-state index contributed by atoms with van der Waals surface area (Å²) in [5.41, 5.74) is 2.58. The molecule has 2 aromatic carbocycles. The predicted octanol–water partition coefficient (Wildman–Crippen LogP) is 4.43. The minimum absolute atomic E-state index is 0.0226.